The molecule has 2 heterocycles. The van der Waals surface area contributed by atoms with Crippen LogP contribution in [0.25, 0.3) is 0 Å². The molecule has 4 heteroatoms. The fourth-order valence-corrected chi connectivity index (χ4v) is 3.67. The zero-order valence-corrected chi connectivity index (χ0v) is 11.7. The van der Waals surface area contributed by atoms with Crippen molar-refractivity contribution in [2.75, 3.05) is 24.5 Å². The van der Waals surface area contributed by atoms with Gasteiger partial charge in [-0.3, -0.25) is 0 Å². The average Bonchev–Trinajstić information content (AvgIpc) is 2.85. The molecule has 1 aliphatic carbocycles. The van der Waals surface area contributed by atoms with Crippen LogP contribution in [-0.2, 0) is 6.42 Å². The molecule has 3 aliphatic rings. The third kappa shape index (κ3) is 1.99. The number of anilines is 1. The number of nitrogens with one attached hydrogen (secondary N) is 1. The van der Waals surface area contributed by atoms with E-state index in [1.807, 2.05) is 0 Å². The number of nitrogens with zero attached hydrogens (tertiary/aromatic N) is 2. The van der Waals surface area contributed by atoms with E-state index in [9.17, 15) is 5.11 Å². The van der Waals surface area contributed by atoms with Crippen LogP contribution in [0.5, 0.6) is 0 Å². The minimum Gasteiger partial charge on any atom is -0.393 e. The van der Waals surface area contributed by atoms with Crippen LogP contribution in [-0.4, -0.2) is 36.6 Å². The monoisotopic (exact) mass is 271 g/mol. The Balaban J connectivity index is 1.60. The number of benzene rings is 1. The fraction of sp³-hybridized carbons (Fsp3) is 0.562. The molecule has 1 saturated heterocycles. The summed E-state index contributed by atoms with van der Waals surface area (Å²) in [6.45, 7) is 2.93. The number of aliphatic hydroxyl groups is 1. The summed E-state index contributed by atoms with van der Waals surface area (Å²) in [5.74, 6) is 0.615. The summed E-state index contributed by atoms with van der Waals surface area (Å²) in [5.41, 5.74) is 8.48. The zero-order valence-electron chi connectivity index (χ0n) is 11.7. The first-order chi connectivity index (χ1) is 9.81. The molecule has 0 spiro atoms. The first-order valence-corrected chi connectivity index (χ1v) is 7.68. The van der Waals surface area contributed by atoms with Crippen LogP contribution in [0.4, 0.5) is 5.69 Å². The van der Waals surface area contributed by atoms with Crippen molar-refractivity contribution in [1.82, 2.24) is 5.43 Å². The summed E-state index contributed by atoms with van der Waals surface area (Å²) < 4.78 is 0. The van der Waals surface area contributed by atoms with Crippen molar-refractivity contribution in [2.45, 2.75) is 31.8 Å². The minimum absolute atomic E-state index is 0.107. The summed E-state index contributed by atoms with van der Waals surface area (Å²) in [5, 5.41) is 14.1. The Morgan fingerprint density at radius 1 is 1.20 bits per heavy atom. The van der Waals surface area contributed by atoms with E-state index < -0.39 is 0 Å². The highest BCUT2D eigenvalue weighted by Gasteiger charge is 2.31. The molecule has 1 aromatic rings. The van der Waals surface area contributed by atoms with E-state index in [1.54, 1.807) is 0 Å². The zero-order chi connectivity index (χ0) is 13.5. The minimum atomic E-state index is -0.107. The van der Waals surface area contributed by atoms with E-state index in [2.05, 4.69) is 33.6 Å². The number of aliphatic hydroxyl groups excluding tert-OH is 1. The highest BCUT2D eigenvalue weighted by molar-refractivity contribution is 6.06. The molecule has 0 aromatic heterocycles. The highest BCUT2D eigenvalue weighted by atomic mass is 16.3. The Hall–Kier alpha value is -1.55. The molecular formula is C16H21N3O. The van der Waals surface area contributed by atoms with E-state index in [-0.39, 0.29) is 6.10 Å². The smallest absolute Gasteiger partial charge is 0.0712 e. The molecule has 0 radical (unpaired) electrons. The van der Waals surface area contributed by atoms with Crippen LogP contribution < -0.4 is 10.3 Å². The van der Waals surface area contributed by atoms with Crippen molar-refractivity contribution < 1.29 is 5.11 Å². The van der Waals surface area contributed by atoms with Crippen LogP contribution in [0.3, 0.4) is 0 Å². The Labute approximate surface area is 119 Å². The average molecular weight is 271 g/mol. The van der Waals surface area contributed by atoms with Gasteiger partial charge in [0.1, 0.15) is 0 Å². The van der Waals surface area contributed by atoms with Gasteiger partial charge in [0.15, 0.2) is 0 Å². The van der Waals surface area contributed by atoms with Crippen molar-refractivity contribution >= 4 is 11.4 Å². The van der Waals surface area contributed by atoms with Crippen molar-refractivity contribution in [2.24, 2.45) is 11.0 Å². The summed E-state index contributed by atoms with van der Waals surface area (Å²) in [6.07, 6.45) is 4.00. The van der Waals surface area contributed by atoms with Crippen LogP contribution in [0.15, 0.2) is 23.3 Å². The fourth-order valence-electron chi connectivity index (χ4n) is 3.67. The number of rotatable bonds is 1. The second-order valence-electron chi connectivity index (χ2n) is 6.15. The maximum Gasteiger partial charge on any atom is 0.0712 e. The molecule has 0 saturated carbocycles. The van der Waals surface area contributed by atoms with E-state index in [1.165, 1.54) is 28.9 Å². The van der Waals surface area contributed by atoms with Gasteiger partial charge in [-0.25, -0.2) is 0 Å². The summed E-state index contributed by atoms with van der Waals surface area (Å²) >= 11 is 0. The Kier molecular flexibility index (Phi) is 2.91. The number of fused-ring (bicyclic) bond motifs is 3. The predicted octanol–water partition coefficient (Wildman–Crippen LogP) is 1.52. The van der Waals surface area contributed by atoms with Gasteiger partial charge in [-0.05, 0) is 43.4 Å². The predicted molar refractivity (Wildman–Crippen MR) is 80.2 cm³/mol. The molecule has 1 unspecified atom stereocenters. The third-order valence-electron chi connectivity index (χ3n) is 4.85. The molecule has 1 fully saturated rings. The summed E-state index contributed by atoms with van der Waals surface area (Å²) in [6, 6.07) is 6.80. The molecule has 4 nitrogen and oxygen atoms in total. The Morgan fingerprint density at radius 3 is 2.90 bits per heavy atom. The molecule has 20 heavy (non-hydrogen) atoms. The number of hydrogen-bond acceptors (Lipinski definition) is 4. The van der Waals surface area contributed by atoms with Gasteiger partial charge < -0.3 is 15.4 Å². The van der Waals surface area contributed by atoms with E-state index >= 15 is 0 Å². The lowest BCUT2D eigenvalue weighted by Gasteiger charge is -2.31. The van der Waals surface area contributed by atoms with Gasteiger partial charge in [0.25, 0.3) is 0 Å². The second-order valence-corrected chi connectivity index (χ2v) is 6.15. The molecule has 2 N–H and O–H groups in total. The lowest BCUT2D eigenvalue weighted by atomic mass is 9.99. The Bertz CT molecular complexity index is 547. The maximum atomic E-state index is 9.62. The van der Waals surface area contributed by atoms with Gasteiger partial charge >= 0.3 is 0 Å². The first kappa shape index (κ1) is 12.2. The SMILES string of the molecule is OC1CCN(c2ccc3c(c2)CC2CCNN=C32)CC1. The molecule has 0 amide bonds. The van der Waals surface area contributed by atoms with Crippen molar-refractivity contribution in [3.05, 3.63) is 29.3 Å². The number of hydrogen-bond donors (Lipinski definition) is 2. The van der Waals surface area contributed by atoms with E-state index in [0.29, 0.717) is 5.92 Å². The standard InChI is InChI=1S/C16H21N3O/c20-14-4-7-19(8-5-14)13-1-2-15-12(10-13)9-11-3-6-17-18-16(11)15/h1-2,10-11,14,17,20H,3-9H2. The molecule has 4 rings (SSSR count). The van der Waals surface area contributed by atoms with Crippen molar-refractivity contribution in [1.29, 1.82) is 0 Å². The third-order valence-corrected chi connectivity index (χ3v) is 4.85. The van der Waals surface area contributed by atoms with Gasteiger partial charge in [-0.1, -0.05) is 6.07 Å². The topological polar surface area (TPSA) is 47.9 Å². The van der Waals surface area contributed by atoms with Gasteiger partial charge in [0, 0.05) is 36.8 Å². The second kappa shape index (κ2) is 4.77. The van der Waals surface area contributed by atoms with Crippen molar-refractivity contribution in [3.8, 4) is 0 Å². The van der Waals surface area contributed by atoms with Crippen molar-refractivity contribution in [3.63, 3.8) is 0 Å². The molecular weight excluding hydrogens is 250 g/mol. The van der Waals surface area contributed by atoms with Crippen LogP contribution >= 0.6 is 0 Å². The van der Waals surface area contributed by atoms with Gasteiger partial charge in [0.2, 0.25) is 0 Å². The molecule has 106 valence electrons. The van der Waals surface area contributed by atoms with Crippen LogP contribution in [0.2, 0.25) is 0 Å². The maximum absolute atomic E-state index is 9.62. The van der Waals surface area contributed by atoms with Gasteiger partial charge in [-0.2, -0.15) is 5.10 Å². The summed E-state index contributed by atoms with van der Waals surface area (Å²) in [4.78, 5) is 2.40. The summed E-state index contributed by atoms with van der Waals surface area (Å²) in [7, 11) is 0. The normalized spacial score (nSPS) is 25.8. The van der Waals surface area contributed by atoms with Crippen LogP contribution in [0.1, 0.15) is 30.4 Å². The molecule has 2 aliphatic heterocycles. The lowest BCUT2D eigenvalue weighted by molar-refractivity contribution is 0.145. The lowest BCUT2D eigenvalue weighted by Crippen LogP contribution is -2.35. The first-order valence-electron chi connectivity index (χ1n) is 7.68. The molecule has 1 atom stereocenters. The van der Waals surface area contributed by atoms with Crippen LogP contribution in [0, 0.1) is 5.92 Å². The van der Waals surface area contributed by atoms with E-state index in [0.717, 1.165) is 38.9 Å². The van der Waals surface area contributed by atoms with Gasteiger partial charge in [0.05, 0.1) is 11.8 Å². The number of hydrazone groups is 1. The quantitative estimate of drug-likeness (QED) is 0.814. The van der Waals surface area contributed by atoms with Gasteiger partial charge in [-0.15, -0.1) is 0 Å². The largest absolute Gasteiger partial charge is 0.393 e. The highest BCUT2D eigenvalue weighted by Crippen LogP contribution is 2.34. The van der Waals surface area contributed by atoms with E-state index in [4.69, 9.17) is 0 Å². The molecule has 0 bridgehead atoms. The number of piperidine rings is 1. The Morgan fingerprint density at radius 2 is 2.05 bits per heavy atom. The molecule has 1 aromatic carbocycles.